The van der Waals surface area contributed by atoms with Crippen molar-refractivity contribution in [3.05, 3.63) is 75.1 Å². The smallest absolute Gasteiger partial charge is 0.407 e. The van der Waals surface area contributed by atoms with Gasteiger partial charge in [-0.25, -0.2) is 9.59 Å². The lowest BCUT2D eigenvalue weighted by Gasteiger charge is -2.29. The van der Waals surface area contributed by atoms with Gasteiger partial charge in [0.25, 0.3) is 5.91 Å². The molecule has 10 heteroatoms. The number of thiophene rings is 1. The highest BCUT2D eigenvalue weighted by molar-refractivity contribution is 7.18. The summed E-state index contributed by atoms with van der Waals surface area (Å²) in [6, 6.07) is 14.8. The van der Waals surface area contributed by atoms with Crippen LogP contribution in [0.3, 0.4) is 0 Å². The molecule has 1 unspecified atom stereocenters. The Morgan fingerprint density at radius 3 is 2.36 bits per heavy atom. The van der Waals surface area contributed by atoms with Crippen molar-refractivity contribution in [3.63, 3.8) is 0 Å². The normalized spacial score (nSPS) is 15.5. The van der Waals surface area contributed by atoms with E-state index in [9.17, 15) is 24.6 Å². The summed E-state index contributed by atoms with van der Waals surface area (Å²) in [6.45, 7) is 0.290. The zero-order valence-electron chi connectivity index (χ0n) is 17.1. The maximum Gasteiger partial charge on any atom is 0.407 e. The van der Waals surface area contributed by atoms with Gasteiger partial charge in [-0.1, -0.05) is 53.5 Å². The third-order valence-electron chi connectivity index (χ3n) is 5.40. The van der Waals surface area contributed by atoms with E-state index in [0.29, 0.717) is 16.3 Å². The number of benzene rings is 2. The number of hydrogen-bond donors (Lipinski definition) is 2. The highest BCUT2D eigenvalue weighted by Crippen LogP contribution is 2.40. The first-order valence-electron chi connectivity index (χ1n) is 9.95. The molecule has 2 heterocycles. The van der Waals surface area contributed by atoms with Gasteiger partial charge in [-0.3, -0.25) is 4.79 Å². The second-order valence-electron chi connectivity index (χ2n) is 7.47. The third kappa shape index (κ3) is 4.68. The fourth-order valence-electron chi connectivity index (χ4n) is 3.85. The summed E-state index contributed by atoms with van der Waals surface area (Å²) in [5.41, 5.74) is 1.17. The number of anilines is 1. The maximum absolute atomic E-state index is 13.7. The van der Waals surface area contributed by atoms with E-state index in [1.165, 1.54) is 28.0 Å². The Bertz CT molecular complexity index is 1230. The lowest BCUT2D eigenvalue weighted by Crippen LogP contribution is -2.43. The van der Waals surface area contributed by atoms with Crippen molar-refractivity contribution >= 4 is 58.2 Å². The molecule has 0 aliphatic carbocycles. The average molecular weight is 505 g/mol. The maximum atomic E-state index is 13.7. The van der Waals surface area contributed by atoms with Crippen LogP contribution >= 0.6 is 34.5 Å². The third-order valence-corrected chi connectivity index (χ3v) is 7.11. The number of carbonyl (C=O) groups is 3. The largest absolute Gasteiger partial charge is 0.477 e. The molecule has 0 saturated carbocycles. The molecule has 1 atom stereocenters. The van der Waals surface area contributed by atoms with Gasteiger partial charge in [0, 0.05) is 23.0 Å². The van der Waals surface area contributed by atoms with Gasteiger partial charge < -0.3 is 20.0 Å². The Balaban J connectivity index is 1.84. The summed E-state index contributed by atoms with van der Waals surface area (Å²) in [4.78, 5) is 40.6. The predicted octanol–water partition coefficient (Wildman–Crippen LogP) is 5.82. The first-order valence-corrected chi connectivity index (χ1v) is 11.5. The van der Waals surface area contributed by atoms with Crippen molar-refractivity contribution in [3.8, 4) is 10.4 Å². The second kappa shape index (κ2) is 9.43. The van der Waals surface area contributed by atoms with E-state index in [4.69, 9.17) is 23.2 Å². The lowest BCUT2D eigenvalue weighted by atomic mass is 10.1. The van der Waals surface area contributed by atoms with Crippen LogP contribution in [-0.4, -0.2) is 52.2 Å². The minimum Gasteiger partial charge on any atom is -0.477 e. The predicted molar refractivity (Wildman–Crippen MR) is 128 cm³/mol. The number of rotatable bonds is 5. The molecule has 1 saturated heterocycles. The molecule has 4 rings (SSSR count). The summed E-state index contributed by atoms with van der Waals surface area (Å²) in [5.74, 6) is -1.70. The zero-order valence-corrected chi connectivity index (χ0v) is 19.4. The number of carboxylic acid groups (broad SMARTS) is 2. The van der Waals surface area contributed by atoms with Crippen LogP contribution in [-0.2, 0) is 0 Å². The summed E-state index contributed by atoms with van der Waals surface area (Å²) >= 11 is 13.3. The summed E-state index contributed by atoms with van der Waals surface area (Å²) in [5, 5.41) is 19.8. The molecular formula is C23H18Cl2N2O5S. The van der Waals surface area contributed by atoms with Crippen LogP contribution in [0.1, 0.15) is 26.5 Å². The fraction of sp³-hybridized carbons (Fsp3) is 0.174. The van der Waals surface area contributed by atoms with Gasteiger partial charge in [0.05, 0.1) is 22.3 Å². The number of nitrogens with zero attached hydrogens (tertiary/aromatic N) is 2. The second-order valence-corrected chi connectivity index (χ2v) is 9.36. The molecule has 7 nitrogen and oxygen atoms in total. The Kier molecular flexibility index (Phi) is 6.60. The Morgan fingerprint density at radius 2 is 1.76 bits per heavy atom. The molecule has 2 aromatic carbocycles. The summed E-state index contributed by atoms with van der Waals surface area (Å²) < 4.78 is 0. The van der Waals surface area contributed by atoms with Crippen molar-refractivity contribution in [1.82, 2.24) is 4.90 Å². The fourth-order valence-corrected chi connectivity index (χ4v) is 5.33. The van der Waals surface area contributed by atoms with Crippen LogP contribution in [0.25, 0.3) is 10.4 Å². The van der Waals surface area contributed by atoms with Gasteiger partial charge in [0.2, 0.25) is 0 Å². The number of amides is 2. The SMILES string of the molecule is O=C(O)c1sc(-c2ccccc2)cc1N(C(=O)c1ccc(Cl)cc1Cl)C1CCN(C(=O)O)C1. The molecule has 1 aromatic heterocycles. The van der Waals surface area contributed by atoms with E-state index in [2.05, 4.69) is 0 Å². The highest BCUT2D eigenvalue weighted by Gasteiger charge is 2.37. The van der Waals surface area contributed by atoms with E-state index in [0.717, 1.165) is 16.9 Å². The highest BCUT2D eigenvalue weighted by atomic mass is 35.5. The first-order chi connectivity index (χ1) is 15.8. The van der Waals surface area contributed by atoms with E-state index < -0.39 is 24.0 Å². The van der Waals surface area contributed by atoms with E-state index >= 15 is 0 Å². The quantitative estimate of drug-likeness (QED) is 0.456. The van der Waals surface area contributed by atoms with Crippen molar-refractivity contribution < 1.29 is 24.6 Å². The van der Waals surface area contributed by atoms with Crippen molar-refractivity contribution in [1.29, 1.82) is 0 Å². The molecule has 0 bridgehead atoms. The summed E-state index contributed by atoms with van der Waals surface area (Å²) in [6.07, 6.45) is -0.734. The van der Waals surface area contributed by atoms with Crippen molar-refractivity contribution in [2.45, 2.75) is 12.5 Å². The molecule has 2 amide bonds. The van der Waals surface area contributed by atoms with Crippen molar-refractivity contribution in [2.24, 2.45) is 0 Å². The molecule has 33 heavy (non-hydrogen) atoms. The Labute approximate surface area is 203 Å². The topological polar surface area (TPSA) is 98.2 Å². The van der Waals surface area contributed by atoms with Gasteiger partial charge in [0.15, 0.2) is 0 Å². The van der Waals surface area contributed by atoms with Crippen LogP contribution < -0.4 is 4.90 Å². The van der Waals surface area contributed by atoms with Crippen LogP contribution in [0.4, 0.5) is 10.5 Å². The van der Waals surface area contributed by atoms with Gasteiger partial charge >= 0.3 is 12.1 Å². The minimum atomic E-state index is -1.18. The van der Waals surface area contributed by atoms with E-state index in [1.54, 1.807) is 6.07 Å². The number of halogens is 2. The summed E-state index contributed by atoms with van der Waals surface area (Å²) in [7, 11) is 0. The molecular weight excluding hydrogens is 487 g/mol. The van der Waals surface area contributed by atoms with Gasteiger partial charge in [-0.2, -0.15) is 0 Å². The monoisotopic (exact) mass is 504 g/mol. The van der Waals surface area contributed by atoms with Crippen LogP contribution in [0.5, 0.6) is 0 Å². The molecule has 0 radical (unpaired) electrons. The Hall–Kier alpha value is -3.07. The van der Waals surface area contributed by atoms with Crippen LogP contribution in [0.15, 0.2) is 54.6 Å². The lowest BCUT2D eigenvalue weighted by molar-refractivity contribution is 0.0702. The number of likely N-dealkylation sites (tertiary alicyclic amines) is 1. The van der Waals surface area contributed by atoms with Gasteiger partial charge in [-0.15, -0.1) is 11.3 Å². The number of carboxylic acids is 1. The number of hydrogen-bond acceptors (Lipinski definition) is 4. The standard InChI is InChI=1S/C23H18Cl2N2O5S/c24-14-6-7-16(17(25)10-14)21(28)27(15-8-9-26(12-15)23(31)32)18-11-19(33-20(18)22(29)30)13-4-2-1-3-5-13/h1-7,10-11,15H,8-9,12H2,(H,29,30)(H,31,32). The van der Waals surface area contributed by atoms with E-state index in [-0.39, 0.29) is 34.2 Å². The number of aromatic carboxylic acids is 1. The molecule has 1 aliphatic heterocycles. The van der Waals surface area contributed by atoms with E-state index in [1.807, 2.05) is 30.3 Å². The van der Waals surface area contributed by atoms with Crippen molar-refractivity contribution in [2.75, 3.05) is 18.0 Å². The van der Waals surface area contributed by atoms with Gasteiger partial charge in [-0.05, 0) is 36.2 Å². The van der Waals surface area contributed by atoms with Crippen LogP contribution in [0.2, 0.25) is 10.0 Å². The minimum absolute atomic E-state index is 0.0129. The molecule has 3 aromatic rings. The van der Waals surface area contributed by atoms with Gasteiger partial charge in [0.1, 0.15) is 4.88 Å². The average Bonchev–Trinajstić information content (AvgIpc) is 3.43. The molecule has 1 aliphatic rings. The Morgan fingerprint density at radius 1 is 1.03 bits per heavy atom. The number of carbonyl (C=O) groups excluding carboxylic acids is 1. The van der Waals surface area contributed by atoms with Crippen LogP contribution in [0, 0.1) is 0 Å². The molecule has 0 spiro atoms. The molecule has 1 fully saturated rings. The molecule has 170 valence electrons. The first kappa shape index (κ1) is 23.1. The molecule has 2 N–H and O–H groups in total. The zero-order chi connectivity index (χ0) is 23.7.